The van der Waals surface area contributed by atoms with Crippen molar-refractivity contribution in [2.45, 2.75) is 13.1 Å². The molecule has 0 heterocycles. The van der Waals surface area contributed by atoms with Gasteiger partial charge in [-0.15, -0.1) is 0 Å². The maximum Gasteiger partial charge on any atom is 0.417 e. The Kier molecular flexibility index (Phi) is 2.95. The second-order valence-corrected chi connectivity index (χ2v) is 3.41. The summed E-state index contributed by atoms with van der Waals surface area (Å²) in [5.41, 5.74) is 3.42. The van der Waals surface area contributed by atoms with Crippen LogP contribution in [0.15, 0.2) is 12.1 Å². The lowest BCUT2D eigenvalue weighted by Gasteiger charge is -2.13. The number of carbonyl (C=O) groups is 1. The Balaban J connectivity index is 3.54. The second-order valence-electron chi connectivity index (χ2n) is 2.97. The number of Topliss-reactive ketones (excluding diaryl/α,β-unsaturated/α-hetero) is 1. The van der Waals surface area contributed by atoms with Crippen LogP contribution >= 0.6 is 11.6 Å². The highest BCUT2D eigenvalue weighted by molar-refractivity contribution is 6.31. The Morgan fingerprint density at radius 1 is 1.40 bits per heavy atom. The summed E-state index contributed by atoms with van der Waals surface area (Å²) in [4.78, 5) is 11.0. The molecule has 0 bridgehead atoms. The van der Waals surface area contributed by atoms with Crippen LogP contribution in [-0.4, -0.2) is 5.78 Å². The van der Waals surface area contributed by atoms with Gasteiger partial charge in [0, 0.05) is 10.7 Å². The van der Waals surface area contributed by atoms with E-state index in [0.29, 0.717) is 6.07 Å². The molecule has 0 saturated carbocycles. The Labute approximate surface area is 88.8 Å². The highest BCUT2D eigenvalue weighted by atomic mass is 35.5. The van der Waals surface area contributed by atoms with E-state index in [4.69, 9.17) is 17.3 Å². The summed E-state index contributed by atoms with van der Waals surface area (Å²) in [6.45, 7) is 1.02. The summed E-state index contributed by atoms with van der Waals surface area (Å²) in [6.07, 6.45) is -4.64. The van der Waals surface area contributed by atoms with Gasteiger partial charge in [0.05, 0.1) is 11.1 Å². The lowest BCUT2D eigenvalue weighted by Crippen LogP contribution is -2.14. The number of ketones is 1. The molecule has 1 rings (SSSR count). The van der Waals surface area contributed by atoms with Crippen LogP contribution in [0.1, 0.15) is 22.8 Å². The third kappa shape index (κ3) is 2.41. The van der Waals surface area contributed by atoms with Crippen molar-refractivity contribution in [3.63, 3.8) is 0 Å². The average molecular weight is 238 g/mol. The number of halogens is 4. The van der Waals surface area contributed by atoms with Crippen molar-refractivity contribution < 1.29 is 18.0 Å². The Morgan fingerprint density at radius 3 is 2.33 bits per heavy atom. The summed E-state index contributed by atoms with van der Waals surface area (Å²) in [5, 5.41) is -0.148. The zero-order valence-corrected chi connectivity index (χ0v) is 8.41. The number of alkyl halides is 3. The fraction of sp³-hybridized carbons (Fsp3) is 0.222. The van der Waals surface area contributed by atoms with Gasteiger partial charge in [0.25, 0.3) is 0 Å². The maximum absolute atomic E-state index is 12.5. The van der Waals surface area contributed by atoms with Crippen LogP contribution in [-0.2, 0) is 6.18 Å². The number of hydrogen-bond acceptors (Lipinski definition) is 2. The molecule has 0 atom stereocenters. The molecule has 0 spiro atoms. The van der Waals surface area contributed by atoms with Gasteiger partial charge in [-0.25, -0.2) is 0 Å². The molecule has 0 fully saturated rings. The minimum absolute atomic E-state index is 0.148. The van der Waals surface area contributed by atoms with Gasteiger partial charge in [-0.05, 0) is 19.1 Å². The van der Waals surface area contributed by atoms with Crippen LogP contribution in [0.3, 0.4) is 0 Å². The first-order valence-electron chi connectivity index (χ1n) is 3.90. The molecule has 0 amide bonds. The molecule has 15 heavy (non-hydrogen) atoms. The first kappa shape index (κ1) is 11.8. The zero-order valence-electron chi connectivity index (χ0n) is 7.65. The number of carbonyl (C=O) groups excluding carboxylic acids is 1. The molecule has 0 aliphatic carbocycles. The smallest absolute Gasteiger partial charge is 0.398 e. The van der Waals surface area contributed by atoms with Crippen LogP contribution in [0.5, 0.6) is 0 Å². The standard InChI is InChI=1S/C9H7ClF3NO/c1-4(15)8-6(9(11,12)13)2-5(10)3-7(8)14/h2-3H,14H2,1H3. The van der Waals surface area contributed by atoms with Crippen molar-refractivity contribution in [3.05, 3.63) is 28.3 Å². The number of nitrogens with two attached hydrogens (primary N) is 1. The van der Waals surface area contributed by atoms with Crippen LogP contribution in [0.25, 0.3) is 0 Å². The topological polar surface area (TPSA) is 43.1 Å². The summed E-state index contributed by atoms with van der Waals surface area (Å²) in [7, 11) is 0. The van der Waals surface area contributed by atoms with E-state index >= 15 is 0 Å². The van der Waals surface area contributed by atoms with Crippen molar-refractivity contribution >= 4 is 23.1 Å². The van der Waals surface area contributed by atoms with E-state index in [2.05, 4.69) is 0 Å². The summed E-state index contributed by atoms with van der Waals surface area (Å²) >= 11 is 5.44. The largest absolute Gasteiger partial charge is 0.417 e. The third-order valence-corrected chi connectivity index (χ3v) is 2.01. The summed E-state index contributed by atoms with van der Waals surface area (Å²) in [6, 6.07) is 1.81. The van der Waals surface area contributed by atoms with Crippen molar-refractivity contribution in [3.8, 4) is 0 Å². The molecule has 2 nitrogen and oxygen atoms in total. The monoisotopic (exact) mass is 237 g/mol. The Hall–Kier alpha value is -1.23. The first-order chi connectivity index (χ1) is 6.73. The predicted molar refractivity (Wildman–Crippen MR) is 50.9 cm³/mol. The quantitative estimate of drug-likeness (QED) is 0.602. The van der Waals surface area contributed by atoms with E-state index in [1.807, 2.05) is 0 Å². The van der Waals surface area contributed by atoms with Crippen molar-refractivity contribution in [2.24, 2.45) is 0 Å². The molecular formula is C9H7ClF3NO. The number of benzene rings is 1. The molecule has 6 heteroatoms. The minimum Gasteiger partial charge on any atom is -0.398 e. The van der Waals surface area contributed by atoms with E-state index in [1.54, 1.807) is 0 Å². The molecule has 82 valence electrons. The lowest BCUT2D eigenvalue weighted by atomic mass is 10.0. The molecule has 1 aromatic carbocycles. The Bertz CT molecular complexity index is 415. The highest BCUT2D eigenvalue weighted by Crippen LogP contribution is 2.36. The van der Waals surface area contributed by atoms with E-state index in [1.165, 1.54) is 0 Å². The van der Waals surface area contributed by atoms with E-state index in [0.717, 1.165) is 13.0 Å². The van der Waals surface area contributed by atoms with Gasteiger partial charge in [0.15, 0.2) is 5.78 Å². The molecule has 0 saturated heterocycles. The summed E-state index contributed by atoms with van der Waals surface area (Å²) < 4.78 is 37.5. The van der Waals surface area contributed by atoms with Crippen LogP contribution in [0, 0.1) is 0 Å². The summed E-state index contributed by atoms with van der Waals surface area (Å²) in [5.74, 6) is -0.739. The van der Waals surface area contributed by atoms with Gasteiger partial charge in [0.2, 0.25) is 0 Å². The minimum atomic E-state index is -4.64. The molecule has 0 radical (unpaired) electrons. The van der Waals surface area contributed by atoms with Crippen LogP contribution in [0.4, 0.5) is 18.9 Å². The van der Waals surface area contributed by atoms with Gasteiger partial charge in [-0.2, -0.15) is 13.2 Å². The van der Waals surface area contributed by atoms with Crippen LogP contribution < -0.4 is 5.73 Å². The van der Waals surface area contributed by atoms with Gasteiger partial charge < -0.3 is 5.73 Å². The average Bonchev–Trinajstić information content (AvgIpc) is 1.99. The molecule has 2 N–H and O–H groups in total. The van der Waals surface area contributed by atoms with Crippen molar-refractivity contribution in [1.29, 1.82) is 0 Å². The second kappa shape index (κ2) is 3.73. The van der Waals surface area contributed by atoms with Gasteiger partial charge >= 0.3 is 6.18 Å². The number of nitrogen functional groups attached to an aromatic ring is 1. The third-order valence-electron chi connectivity index (χ3n) is 1.79. The van der Waals surface area contributed by atoms with Crippen LogP contribution in [0.2, 0.25) is 5.02 Å². The molecule has 0 aromatic heterocycles. The zero-order chi connectivity index (χ0) is 11.8. The molecule has 0 unspecified atom stereocenters. The van der Waals surface area contributed by atoms with E-state index in [-0.39, 0.29) is 10.7 Å². The molecule has 0 aliphatic heterocycles. The molecule has 0 aliphatic rings. The van der Waals surface area contributed by atoms with Gasteiger partial charge in [0.1, 0.15) is 0 Å². The van der Waals surface area contributed by atoms with Crippen molar-refractivity contribution in [2.75, 3.05) is 5.73 Å². The first-order valence-corrected chi connectivity index (χ1v) is 4.28. The Morgan fingerprint density at radius 2 is 1.93 bits per heavy atom. The maximum atomic E-state index is 12.5. The SMILES string of the molecule is CC(=O)c1c(N)cc(Cl)cc1C(F)(F)F. The highest BCUT2D eigenvalue weighted by Gasteiger charge is 2.35. The number of anilines is 1. The molecular weight excluding hydrogens is 231 g/mol. The van der Waals surface area contributed by atoms with Gasteiger partial charge in [-0.3, -0.25) is 4.79 Å². The van der Waals surface area contributed by atoms with Crippen molar-refractivity contribution in [1.82, 2.24) is 0 Å². The predicted octanol–water partition coefficient (Wildman–Crippen LogP) is 3.14. The van der Waals surface area contributed by atoms with E-state index in [9.17, 15) is 18.0 Å². The molecule has 1 aromatic rings. The fourth-order valence-electron chi connectivity index (χ4n) is 1.24. The lowest BCUT2D eigenvalue weighted by molar-refractivity contribution is -0.137. The number of rotatable bonds is 1. The van der Waals surface area contributed by atoms with E-state index < -0.39 is 23.1 Å². The van der Waals surface area contributed by atoms with Gasteiger partial charge in [-0.1, -0.05) is 11.6 Å². The number of hydrogen-bond donors (Lipinski definition) is 1. The fourth-order valence-corrected chi connectivity index (χ4v) is 1.47. The normalized spacial score (nSPS) is 11.5.